The number of aliphatic hydroxyl groups is 1. The number of guanidine groups is 1. The van der Waals surface area contributed by atoms with Crippen LogP contribution in [0.4, 0.5) is 0 Å². The highest BCUT2D eigenvalue weighted by Crippen LogP contribution is 2.15. The molecular formula is C18H31IN4O. The smallest absolute Gasteiger partial charge is 0.191 e. The largest absolute Gasteiger partial charge is 0.388 e. The maximum absolute atomic E-state index is 10.2. The molecule has 0 aliphatic carbocycles. The molecule has 0 spiro atoms. The van der Waals surface area contributed by atoms with Crippen LogP contribution in [0.5, 0.6) is 0 Å². The average molecular weight is 446 g/mol. The fraction of sp³-hybridized carbons (Fsp3) is 0.611. The molecule has 1 aliphatic heterocycles. The molecule has 2 atom stereocenters. The van der Waals surface area contributed by atoms with E-state index in [-0.39, 0.29) is 24.0 Å². The van der Waals surface area contributed by atoms with Gasteiger partial charge in [0.25, 0.3) is 0 Å². The molecule has 2 rings (SSSR count). The summed E-state index contributed by atoms with van der Waals surface area (Å²) in [5.41, 5.74) is 0.963. The van der Waals surface area contributed by atoms with Crippen molar-refractivity contribution in [3.8, 4) is 0 Å². The third kappa shape index (κ3) is 7.36. The van der Waals surface area contributed by atoms with Crippen molar-refractivity contribution < 1.29 is 5.11 Å². The second kappa shape index (κ2) is 11.7. The van der Waals surface area contributed by atoms with Crippen molar-refractivity contribution in [2.45, 2.75) is 25.9 Å². The summed E-state index contributed by atoms with van der Waals surface area (Å²) in [4.78, 5) is 7.04. The summed E-state index contributed by atoms with van der Waals surface area (Å²) in [6.45, 7) is 6.79. The minimum atomic E-state index is -0.435. The summed E-state index contributed by atoms with van der Waals surface area (Å²) >= 11 is 0. The lowest BCUT2D eigenvalue weighted by atomic mass is 10.1. The molecule has 0 saturated carbocycles. The van der Waals surface area contributed by atoms with Crippen molar-refractivity contribution in [2.75, 3.05) is 39.8 Å². The van der Waals surface area contributed by atoms with Crippen molar-refractivity contribution in [1.29, 1.82) is 0 Å². The molecule has 5 nitrogen and oxygen atoms in total. The number of nitrogens with one attached hydrogen (secondary N) is 2. The molecule has 3 N–H and O–H groups in total. The Morgan fingerprint density at radius 3 is 2.71 bits per heavy atom. The number of nitrogens with zero attached hydrogens (tertiary/aromatic N) is 2. The van der Waals surface area contributed by atoms with E-state index in [4.69, 9.17) is 0 Å². The first-order chi connectivity index (χ1) is 11.2. The van der Waals surface area contributed by atoms with Gasteiger partial charge in [-0.3, -0.25) is 4.99 Å². The van der Waals surface area contributed by atoms with E-state index in [2.05, 4.69) is 34.5 Å². The summed E-state index contributed by atoms with van der Waals surface area (Å²) in [5.74, 6) is 1.51. The zero-order chi connectivity index (χ0) is 16.5. The van der Waals surface area contributed by atoms with Gasteiger partial charge in [0, 0.05) is 26.2 Å². The standard InChI is InChI=1S/C18H30N4O.HI/c1-3-19-18(21-13-15-10-12-22(2)14-15)20-11-9-17(23)16-7-5-4-6-8-16;/h4-8,15,17,23H,3,9-14H2,1-2H3,(H2,19,20,21);1H. The predicted octanol–water partition coefficient (Wildman–Crippen LogP) is 2.23. The predicted molar refractivity (Wildman–Crippen MR) is 111 cm³/mol. The van der Waals surface area contributed by atoms with Crippen LogP contribution in [0.3, 0.4) is 0 Å². The summed E-state index contributed by atoms with van der Waals surface area (Å²) < 4.78 is 0. The minimum absolute atomic E-state index is 0. The van der Waals surface area contributed by atoms with Crippen LogP contribution < -0.4 is 10.6 Å². The fourth-order valence-electron chi connectivity index (χ4n) is 2.91. The quantitative estimate of drug-likeness (QED) is 0.342. The molecule has 0 radical (unpaired) electrons. The van der Waals surface area contributed by atoms with Crippen LogP contribution in [0.25, 0.3) is 0 Å². The van der Waals surface area contributed by atoms with Crippen LogP contribution in [0, 0.1) is 5.92 Å². The lowest BCUT2D eigenvalue weighted by Gasteiger charge is -2.15. The highest BCUT2D eigenvalue weighted by molar-refractivity contribution is 14.0. The molecule has 0 amide bonds. The van der Waals surface area contributed by atoms with Gasteiger partial charge in [-0.1, -0.05) is 30.3 Å². The molecule has 136 valence electrons. The summed E-state index contributed by atoms with van der Waals surface area (Å²) in [5, 5.41) is 16.8. The van der Waals surface area contributed by atoms with E-state index in [9.17, 15) is 5.11 Å². The Bertz CT molecular complexity index is 483. The van der Waals surface area contributed by atoms with Crippen molar-refractivity contribution in [1.82, 2.24) is 15.5 Å². The van der Waals surface area contributed by atoms with Gasteiger partial charge in [0.1, 0.15) is 0 Å². The van der Waals surface area contributed by atoms with Gasteiger partial charge in [-0.15, -0.1) is 24.0 Å². The Morgan fingerprint density at radius 1 is 1.33 bits per heavy atom. The Hall–Kier alpha value is -0.860. The number of aliphatic imine (C=N–C) groups is 1. The number of aliphatic hydroxyl groups excluding tert-OH is 1. The van der Waals surface area contributed by atoms with Crippen molar-refractivity contribution >= 4 is 29.9 Å². The number of likely N-dealkylation sites (tertiary alicyclic amines) is 1. The molecule has 1 aromatic rings. The molecule has 0 bridgehead atoms. The Balaban J connectivity index is 0.00000288. The normalized spacial score (nSPS) is 19.6. The lowest BCUT2D eigenvalue weighted by Crippen LogP contribution is -2.38. The number of hydrogen-bond donors (Lipinski definition) is 3. The lowest BCUT2D eigenvalue weighted by molar-refractivity contribution is 0.168. The van der Waals surface area contributed by atoms with Gasteiger partial charge in [-0.05, 0) is 44.8 Å². The minimum Gasteiger partial charge on any atom is -0.388 e. The Kier molecular flexibility index (Phi) is 10.3. The van der Waals surface area contributed by atoms with E-state index >= 15 is 0 Å². The molecule has 1 aliphatic rings. The SMILES string of the molecule is CCNC(=NCC1CCN(C)C1)NCCC(O)c1ccccc1.I. The van der Waals surface area contributed by atoms with Crippen molar-refractivity contribution in [2.24, 2.45) is 10.9 Å². The van der Waals surface area contributed by atoms with Crippen LogP contribution >= 0.6 is 24.0 Å². The van der Waals surface area contributed by atoms with Crippen LogP contribution in [0.1, 0.15) is 31.4 Å². The highest BCUT2D eigenvalue weighted by Gasteiger charge is 2.18. The fourth-order valence-corrected chi connectivity index (χ4v) is 2.91. The van der Waals surface area contributed by atoms with E-state index in [0.29, 0.717) is 18.9 Å². The molecule has 1 fully saturated rings. The van der Waals surface area contributed by atoms with E-state index in [1.807, 2.05) is 30.3 Å². The third-order valence-electron chi connectivity index (χ3n) is 4.24. The van der Waals surface area contributed by atoms with Crippen molar-refractivity contribution in [3.63, 3.8) is 0 Å². The zero-order valence-corrected chi connectivity index (χ0v) is 17.1. The molecule has 24 heavy (non-hydrogen) atoms. The first-order valence-electron chi connectivity index (χ1n) is 8.62. The van der Waals surface area contributed by atoms with Gasteiger partial charge in [-0.2, -0.15) is 0 Å². The average Bonchev–Trinajstić information content (AvgIpc) is 2.99. The van der Waals surface area contributed by atoms with Gasteiger partial charge in [0.2, 0.25) is 0 Å². The maximum Gasteiger partial charge on any atom is 0.191 e. The maximum atomic E-state index is 10.2. The van der Waals surface area contributed by atoms with Crippen molar-refractivity contribution in [3.05, 3.63) is 35.9 Å². The first-order valence-corrected chi connectivity index (χ1v) is 8.62. The topological polar surface area (TPSA) is 59.9 Å². The zero-order valence-electron chi connectivity index (χ0n) is 14.7. The van der Waals surface area contributed by atoms with Gasteiger partial charge < -0.3 is 20.6 Å². The molecule has 1 saturated heterocycles. The van der Waals surface area contributed by atoms with Crippen LogP contribution in [-0.2, 0) is 0 Å². The molecular weight excluding hydrogens is 415 g/mol. The second-order valence-electron chi connectivity index (χ2n) is 6.28. The van der Waals surface area contributed by atoms with E-state index < -0.39 is 6.10 Å². The summed E-state index contributed by atoms with van der Waals surface area (Å²) in [7, 11) is 2.16. The Labute approximate surface area is 162 Å². The summed E-state index contributed by atoms with van der Waals surface area (Å²) in [6.07, 6.45) is 1.46. The summed E-state index contributed by atoms with van der Waals surface area (Å²) in [6, 6.07) is 9.79. The van der Waals surface area contributed by atoms with Gasteiger partial charge in [0.05, 0.1) is 6.10 Å². The van der Waals surface area contributed by atoms with Crippen LogP contribution in [0.2, 0.25) is 0 Å². The Morgan fingerprint density at radius 2 is 2.08 bits per heavy atom. The van der Waals surface area contributed by atoms with Crippen LogP contribution in [-0.4, -0.2) is 55.7 Å². The monoisotopic (exact) mass is 446 g/mol. The number of halogens is 1. The van der Waals surface area contributed by atoms with Gasteiger partial charge in [-0.25, -0.2) is 0 Å². The third-order valence-corrected chi connectivity index (χ3v) is 4.24. The van der Waals surface area contributed by atoms with E-state index in [0.717, 1.165) is 31.2 Å². The molecule has 2 unspecified atom stereocenters. The highest BCUT2D eigenvalue weighted by atomic mass is 127. The van der Waals surface area contributed by atoms with Gasteiger partial charge in [0.15, 0.2) is 5.96 Å². The van der Waals surface area contributed by atoms with E-state index in [1.54, 1.807) is 0 Å². The number of hydrogen-bond acceptors (Lipinski definition) is 3. The number of benzene rings is 1. The second-order valence-corrected chi connectivity index (χ2v) is 6.28. The first kappa shape index (κ1) is 21.2. The van der Waals surface area contributed by atoms with E-state index in [1.165, 1.54) is 13.0 Å². The molecule has 1 heterocycles. The van der Waals surface area contributed by atoms with Gasteiger partial charge >= 0.3 is 0 Å². The number of rotatable bonds is 7. The van der Waals surface area contributed by atoms with Crippen LogP contribution in [0.15, 0.2) is 35.3 Å². The molecule has 1 aromatic carbocycles. The molecule has 6 heteroatoms. The molecule has 0 aromatic heterocycles.